The van der Waals surface area contributed by atoms with Gasteiger partial charge in [0.2, 0.25) is 15.9 Å². The van der Waals surface area contributed by atoms with Crippen molar-refractivity contribution in [1.29, 1.82) is 0 Å². The molecule has 2 aliphatic heterocycles. The van der Waals surface area contributed by atoms with Crippen LogP contribution in [0.5, 0.6) is 11.5 Å². The Balaban J connectivity index is 1.27. The summed E-state index contributed by atoms with van der Waals surface area (Å²) in [5.74, 6) is 0.469. The third kappa shape index (κ3) is 5.34. The van der Waals surface area contributed by atoms with E-state index < -0.39 is 16.0 Å². The van der Waals surface area contributed by atoms with Gasteiger partial charge < -0.3 is 19.5 Å². The number of carbonyl (C=O) groups is 2. The van der Waals surface area contributed by atoms with Crippen LogP contribution in [0.3, 0.4) is 0 Å². The smallest absolute Gasteiger partial charge is 0.338 e. The summed E-state index contributed by atoms with van der Waals surface area (Å²) in [6.45, 7) is 3.11. The summed E-state index contributed by atoms with van der Waals surface area (Å²) in [5, 5.41) is 2.91. The molecule has 0 radical (unpaired) electrons. The minimum Gasteiger partial charge on any atom is -0.486 e. The fourth-order valence-electron chi connectivity index (χ4n) is 4.01. The van der Waals surface area contributed by atoms with Gasteiger partial charge in [-0.2, -0.15) is 4.31 Å². The summed E-state index contributed by atoms with van der Waals surface area (Å²) >= 11 is 0. The van der Waals surface area contributed by atoms with Gasteiger partial charge in [0, 0.05) is 19.0 Å². The van der Waals surface area contributed by atoms with E-state index in [1.54, 1.807) is 6.92 Å². The molecule has 34 heavy (non-hydrogen) atoms. The molecule has 1 saturated heterocycles. The maximum absolute atomic E-state index is 13.0. The predicted octanol–water partition coefficient (Wildman–Crippen LogP) is 2.22. The first-order chi connectivity index (χ1) is 16.4. The minimum atomic E-state index is -3.71. The first kappa shape index (κ1) is 24.0. The summed E-state index contributed by atoms with van der Waals surface area (Å²) in [6.07, 6.45) is 0.574. The SMILES string of the molecule is CCOC(=O)c1ccc(S(=O)(=O)N2CCC(C(=O)NC[C@@H]3COc4ccccc4O3)CC2)cc1. The number of hydrogen-bond acceptors (Lipinski definition) is 7. The number of esters is 1. The highest BCUT2D eigenvalue weighted by Gasteiger charge is 2.32. The van der Waals surface area contributed by atoms with Crippen molar-refractivity contribution in [2.24, 2.45) is 5.92 Å². The molecule has 2 aromatic rings. The van der Waals surface area contributed by atoms with Gasteiger partial charge in [0.25, 0.3) is 0 Å². The lowest BCUT2D eigenvalue weighted by Crippen LogP contribution is -2.46. The fraction of sp³-hybridized carbons (Fsp3) is 0.417. The molecule has 0 aliphatic carbocycles. The van der Waals surface area contributed by atoms with E-state index in [1.165, 1.54) is 28.6 Å². The molecule has 182 valence electrons. The topological polar surface area (TPSA) is 111 Å². The zero-order chi connectivity index (χ0) is 24.1. The number of amides is 1. The Morgan fingerprint density at radius 2 is 1.74 bits per heavy atom. The van der Waals surface area contributed by atoms with Crippen LogP contribution in [0.4, 0.5) is 0 Å². The second-order valence-corrected chi connectivity index (χ2v) is 10.1. The van der Waals surface area contributed by atoms with Crippen molar-refractivity contribution in [2.45, 2.75) is 30.8 Å². The predicted molar refractivity (Wildman–Crippen MR) is 123 cm³/mol. The number of carbonyl (C=O) groups excluding carboxylic acids is 2. The number of fused-ring (bicyclic) bond motifs is 1. The zero-order valence-electron chi connectivity index (χ0n) is 18.9. The normalized spacial score (nSPS) is 18.8. The molecule has 0 bridgehead atoms. The number of rotatable bonds is 7. The van der Waals surface area contributed by atoms with Gasteiger partial charge in [0.15, 0.2) is 11.5 Å². The van der Waals surface area contributed by atoms with Crippen molar-refractivity contribution in [1.82, 2.24) is 9.62 Å². The molecule has 2 aromatic carbocycles. The highest BCUT2D eigenvalue weighted by molar-refractivity contribution is 7.89. The number of piperidine rings is 1. The maximum Gasteiger partial charge on any atom is 0.338 e. The molecule has 1 amide bonds. The van der Waals surface area contributed by atoms with E-state index in [-0.39, 0.29) is 42.5 Å². The first-order valence-corrected chi connectivity index (χ1v) is 12.8. The van der Waals surface area contributed by atoms with Gasteiger partial charge in [-0.05, 0) is 56.2 Å². The van der Waals surface area contributed by atoms with Crippen LogP contribution >= 0.6 is 0 Å². The molecule has 10 heteroatoms. The summed E-state index contributed by atoms with van der Waals surface area (Å²) < 4.78 is 43.8. The van der Waals surface area contributed by atoms with Gasteiger partial charge in [0.05, 0.1) is 23.6 Å². The van der Waals surface area contributed by atoms with Gasteiger partial charge in [-0.15, -0.1) is 0 Å². The van der Waals surface area contributed by atoms with E-state index in [0.717, 1.165) is 0 Å². The molecule has 1 fully saturated rings. The van der Waals surface area contributed by atoms with E-state index in [0.29, 0.717) is 43.1 Å². The minimum absolute atomic E-state index is 0.109. The molecule has 1 N–H and O–H groups in total. The van der Waals surface area contributed by atoms with Crippen LogP contribution < -0.4 is 14.8 Å². The largest absolute Gasteiger partial charge is 0.486 e. The van der Waals surface area contributed by atoms with E-state index in [9.17, 15) is 18.0 Å². The monoisotopic (exact) mass is 488 g/mol. The Kier molecular flexibility index (Phi) is 7.38. The van der Waals surface area contributed by atoms with Crippen LogP contribution in [0.25, 0.3) is 0 Å². The van der Waals surface area contributed by atoms with E-state index in [2.05, 4.69) is 5.32 Å². The Labute approximate surface area is 199 Å². The molecular weight excluding hydrogens is 460 g/mol. The fourth-order valence-corrected chi connectivity index (χ4v) is 5.48. The zero-order valence-corrected chi connectivity index (χ0v) is 19.8. The van der Waals surface area contributed by atoms with E-state index in [4.69, 9.17) is 14.2 Å². The molecule has 0 spiro atoms. The standard InChI is InChI=1S/C24H28N2O7S/c1-2-31-24(28)18-7-9-20(10-8-18)34(29,30)26-13-11-17(12-14-26)23(27)25-15-19-16-32-21-5-3-4-6-22(21)33-19/h3-10,17,19H,2,11-16H2,1H3,(H,25,27)/t19-/m1/s1. The van der Waals surface area contributed by atoms with E-state index in [1.807, 2.05) is 24.3 Å². The van der Waals surface area contributed by atoms with Crippen molar-refractivity contribution in [2.75, 3.05) is 32.8 Å². The third-order valence-corrected chi connectivity index (χ3v) is 7.81. The van der Waals surface area contributed by atoms with Gasteiger partial charge in [-0.1, -0.05) is 12.1 Å². The molecule has 0 saturated carbocycles. The lowest BCUT2D eigenvalue weighted by Gasteiger charge is -2.31. The lowest BCUT2D eigenvalue weighted by molar-refractivity contribution is -0.126. The number of benzene rings is 2. The summed E-state index contributed by atoms with van der Waals surface area (Å²) in [5.41, 5.74) is 0.298. The summed E-state index contributed by atoms with van der Waals surface area (Å²) in [7, 11) is -3.71. The molecule has 2 heterocycles. The van der Waals surface area contributed by atoms with Crippen LogP contribution in [-0.4, -0.2) is 63.6 Å². The molecule has 1 atom stereocenters. The molecule has 0 unspecified atom stereocenters. The number of nitrogens with zero attached hydrogens (tertiary/aromatic N) is 1. The highest BCUT2D eigenvalue weighted by Crippen LogP contribution is 2.31. The van der Waals surface area contributed by atoms with Gasteiger partial charge in [-0.3, -0.25) is 4.79 Å². The Morgan fingerprint density at radius 3 is 2.41 bits per heavy atom. The molecular formula is C24H28N2O7S. The number of nitrogens with one attached hydrogen (secondary N) is 1. The number of ether oxygens (including phenoxy) is 3. The van der Waals surface area contributed by atoms with Crippen molar-refractivity contribution in [3.05, 3.63) is 54.1 Å². The van der Waals surface area contributed by atoms with Gasteiger partial charge in [0.1, 0.15) is 12.7 Å². The van der Waals surface area contributed by atoms with E-state index >= 15 is 0 Å². The van der Waals surface area contributed by atoms with Gasteiger partial charge >= 0.3 is 5.97 Å². The van der Waals surface area contributed by atoms with Crippen LogP contribution in [0, 0.1) is 5.92 Å². The molecule has 0 aromatic heterocycles. The van der Waals surface area contributed by atoms with Crippen LogP contribution in [0.2, 0.25) is 0 Å². The van der Waals surface area contributed by atoms with Crippen LogP contribution in [0.15, 0.2) is 53.4 Å². The average molecular weight is 489 g/mol. The maximum atomic E-state index is 13.0. The first-order valence-electron chi connectivity index (χ1n) is 11.3. The summed E-state index contributed by atoms with van der Waals surface area (Å²) in [6, 6.07) is 13.1. The highest BCUT2D eigenvalue weighted by atomic mass is 32.2. The Morgan fingerprint density at radius 1 is 1.06 bits per heavy atom. The molecule has 2 aliphatic rings. The Hall–Kier alpha value is -3.11. The molecule has 4 rings (SSSR count). The summed E-state index contributed by atoms with van der Waals surface area (Å²) in [4.78, 5) is 24.5. The van der Waals surface area contributed by atoms with Crippen molar-refractivity contribution in [3.63, 3.8) is 0 Å². The Bertz CT molecular complexity index is 1130. The van der Waals surface area contributed by atoms with Crippen molar-refractivity contribution < 1.29 is 32.2 Å². The number of para-hydroxylation sites is 2. The lowest BCUT2D eigenvalue weighted by atomic mass is 9.97. The number of hydrogen-bond donors (Lipinski definition) is 1. The van der Waals surface area contributed by atoms with Crippen molar-refractivity contribution in [3.8, 4) is 11.5 Å². The van der Waals surface area contributed by atoms with Gasteiger partial charge in [-0.25, -0.2) is 13.2 Å². The second-order valence-electron chi connectivity index (χ2n) is 8.17. The van der Waals surface area contributed by atoms with Crippen LogP contribution in [0.1, 0.15) is 30.1 Å². The average Bonchev–Trinajstić information content (AvgIpc) is 2.87. The second kappa shape index (κ2) is 10.4. The van der Waals surface area contributed by atoms with Crippen LogP contribution in [-0.2, 0) is 19.6 Å². The molecule has 9 nitrogen and oxygen atoms in total. The number of sulfonamides is 1. The van der Waals surface area contributed by atoms with Crippen molar-refractivity contribution >= 4 is 21.9 Å². The third-order valence-electron chi connectivity index (χ3n) is 5.90. The quantitative estimate of drug-likeness (QED) is 0.595.